The van der Waals surface area contributed by atoms with Crippen LogP contribution in [0.15, 0.2) is 30.3 Å². The van der Waals surface area contributed by atoms with Gasteiger partial charge in [0.1, 0.15) is 0 Å². The Bertz CT molecular complexity index is 660. The molecule has 0 aliphatic heterocycles. The van der Waals surface area contributed by atoms with Crippen LogP contribution in [0.3, 0.4) is 0 Å². The highest BCUT2D eigenvalue weighted by molar-refractivity contribution is 6.33. The van der Waals surface area contributed by atoms with Gasteiger partial charge in [-0.25, -0.2) is 4.79 Å². The third kappa shape index (κ3) is 2.64. The number of carbonyl (C=O) groups is 1. The van der Waals surface area contributed by atoms with Gasteiger partial charge in [0.2, 0.25) is 0 Å². The van der Waals surface area contributed by atoms with Crippen molar-refractivity contribution in [3.05, 3.63) is 57.6 Å². The van der Waals surface area contributed by atoms with Crippen LogP contribution in [0.2, 0.25) is 5.02 Å². The van der Waals surface area contributed by atoms with Crippen molar-refractivity contribution in [3.63, 3.8) is 0 Å². The molecular formula is C16H15ClO2. The Hall–Kier alpha value is -1.80. The largest absolute Gasteiger partial charge is 0.478 e. The number of aromatic carboxylic acids is 1. The Labute approximate surface area is 117 Å². The lowest BCUT2D eigenvalue weighted by Gasteiger charge is -2.10. The van der Waals surface area contributed by atoms with E-state index in [2.05, 4.69) is 0 Å². The van der Waals surface area contributed by atoms with Gasteiger partial charge in [0, 0.05) is 10.6 Å². The van der Waals surface area contributed by atoms with E-state index in [0.717, 1.165) is 27.8 Å². The molecule has 0 atom stereocenters. The first kappa shape index (κ1) is 13.6. The summed E-state index contributed by atoms with van der Waals surface area (Å²) in [7, 11) is 0. The molecule has 0 saturated heterocycles. The number of aryl methyl sites for hydroxylation is 3. The standard InChI is InChI=1S/C16H15ClO2/c1-9-4-5-12(8-13(9)16(18)19)14-6-10(2)11(3)7-15(14)17/h4-8H,1-3H3,(H,18,19). The fraction of sp³-hybridized carbons (Fsp3) is 0.188. The van der Waals surface area contributed by atoms with Gasteiger partial charge in [-0.2, -0.15) is 0 Å². The Morgan fingerprint density at radius 3 is 2.26 bits per heavy atom. The van der Waals surface area contributed by atoms with E-state index < -0.39 is 5.97 Å². The van der Waals surface area contributed by atoms with Gasteiger partial charge in [-0.3, -0.25) is 0 Å². The maximum Gasteiger partial charge on any atom is 0.335 e. The normalized spacial score (nSPS) is 10.5. The highest BCUT2D eigenvalue weighted by Gasteiger charge is 2.11. The van der Waals surface area contributed by atoms with Crippen molar-refractivity contribution in [3.8, 4) is 11.1 Å². The van der Waals surface area contributed by atoms with E-state index in [1.807, 2.05) is 38.1 Å². The summed E-state index contributed by atoms with van der Waals surface area (Å²) in [4.78, 5) is 11.2. The number of halogens is 1. The molecule has 0 fully saturated rings. The van der Waals surface area contributed by atoms with Gasteiger partial charge >= 0.3 is 5.97 Å². The number of hydrogen-bond donors (Lipinski definition) is 1. The van der Waals surface area contributed by atoms with Crippen LogP contribution in [-0.4, -0.2) is 11.1 Å². The van der Waals surface area contributed by atoms with E-state index in [9.17, 15) is 9.90 Å². The van der Waals surface area contributed by atoms with Crippen LogP contribution in [0.1, 0.15) is 27.0 Å². The van der Waals surface area contributed by atoms with Gasteiger partial charge in [0.25, 0.3) is 0 Å². The van der Waals surface area contributed by atoms with Crippen LogP contribution in [-0.2, 0) is 0 Å². The highest BCUT2D eigenvalue weighted by Crippen LogP contribution is 2.31. The maximum atomic E-state index is 11.2. The first-order valence-corrected chi connectivity index (χ1v) is 6.39. The van der Waals surface area contributed by atoms with Crippen LogP contribution >= 0.6 is 11.6 Å². The van der Waals surface area contributed by atoms with Gasteiger partial charge in [0.15, 0.2) is 0 Å². The number of rotatable bonds is 2. The average Bonchev–Trinajstić information content (AvgIpc) is 2.34. The molecule has 0 aliphatic rings. The minimum Gasteiger partial charge on any atom is -0.478 e. The second kappa shape index (κ2) is 5.06. The van der Waals surface area contributed by atoms with Crippen LogP contribution < -0.4 is 0 Å². The Balaban J connectivity index is 2.63. The van der Waals surface area contributed by atoms with E-state index in [-0.39, 0.29) is 0 Å². The first-order valence-electron chi connectivity index (χ1n) is 6.01. The van der Waals surface area contributed by atoms with Crippen molar-refractivity contribution in [2.45, 2.75) is 20.8 Å². The average molecular weight is 275 g/mol. The summed E-state index contributed by atoms with van der Waals surface area (Å²) in [5, 5.41) is 9.81. The second-order valence-electron chi connectivity index (χ2n) is 4.75. The van der Waals surface area contributed by atoms with Crippen molar-refractivity contribution in [1.82, 2.24) is 0 Å². The van der Waals surface area contributed by atoms with Gasteiger partial charge in [-0.15, -0.1) is 0 Å². The van der Waals surface area contributed by atoms with Crippen LogP contribution in [0, 0.1) is 20.8 Å². The SMILES string of the molecule is Cc1cc(Cl)c(-c2ccc(C)c(C(=O)O)c2)cc1C. The smallest absolute Gasteiger partial charge is 0.335 e. The fourth-order valence-electron chi connectivity index (χ4n) is 2.02. The highest BCUT2D eigenvalue weighted by atomic mass is 35.5. The number of hydrogen-bond acceptors (Lipinski definition) is 1. The van der Waals surface area contributed by atoms with Crippen LogP contribution in [0.4, 0.5) is 0 Å². The van der Waals surface area contributed by atoms with E-state index in [1.54, 1.807) is 13.0 Å². The third-order valence-corrected chi connectivity index (χ3v) is 3.68. The summed E-state index contributed by atoms with van der Waals surface area (Å²) in [5.41, 5.74) is 5.02. The molecule has 98 valence electrons. The lowest BCUT2D eigenvalue weighted by atomic mass is 9.97. The zero-order valence-electron chi connectivity index (χ0n) is 11.1. The lowest BCUT2D eigenvalue weighted by molar-refractivity contribution is 0.0696. The molecule has 0 aromatic heterocycles. The van der Waals surface area contributed by atoms with Crippen molar-refractivity contribution in [1.29, 1.82) is 0 Å². The molecule has 0 amide bonds. The van der Waals surface area contributed by atoms with E-state index >= 15 is 0 Å². The molecule has 2 aromatic carbocycles. The summed E-state index contributed by atoms with van der Waals surface area (Å²) in [6.45, 7) is 5.81. The molecule has 2 aromatic rings. The molecule has 2 rings (SSSR count). The van der Waals surface area contributed by atoms with Crippen molar-refractivity contribution in [2.75, 3.05) is 0 Å². The molecule has 0 radical (unpaired) electrons. The van der Waals surface area contributed by atoms with Gasteiger partial charge in [-0.1, -0.05) is 23.7 Å². The van der Waals surface area contributed by atoms with Gasteiger partial charge < -0.3 is 5.11 Å². The zero-order valence-corrected chi connectivity index (χ0v) is 11.9. The molecule has 0 heterocycles. The Morgan fingerprint density at radius 2 is 1.63 bits per heavy atom. The summed E-state index contributed by atoms with van der Waals surface area (Å²) in [6.07, 6.45) is 0. The summed E-state index contributed by atoms with van der Waals surface area (Å²) in [6, 6.07) is 9.29. The molecule has 1 N–H and O–H groups in total. The lowest BCUT2D eigenvalue weighted by Crippen LogP contribution is -2.00. The molecule has 2 nitrogen and oxygen atoms in total. The molecule has 0 bridgehead atoms. The molecular weight excluding hydrogens is 260 g/mol. The molecule has 0 saturated carbocycles. The van der Waals surface area contributed by atoms with Crippen molar-refractivity contribution >= 4 is 17.6 Å². The quantitative estimate of drug-likeness (QED) is 0.867. The summed E-state index contributed by atoms with van der Waals surface area (Å²) < 4.78 is 0. The molecule has 0 spiro atoms. The van der Waals surface area contributed by atoms with Crippen LogP contribution in [0.5, 0.6) is 0 Å². The topological polar surface area (TPSA) is 37.3 Å². The minimum absolute atomic E-state index is 0.312. The third-order valence-electron chi connectivity index (χ3n) is 3.36. The molecule has 0 unspecified atom stereocenters. The van der Waals surface area contributed by atoms with Gasteiger partial charge in [0.05, 0.1) is 5.56 Å². The van der Waals surface area contributed by atoms with Crippen LogP contribution in [0.25, 0.3) is 11.1 Å². The number of carboxylic acid groups (broad SMARTS) is 1. The summed E-state index contributed by atoms with van der Waals surface area (Å²) >= 11 is 6.26. The zero-order chi connectivity index (χ0) is 14.2. The predicted octanol–water partition coefficient (Wildman–Crippen LogP) is 4.63. The molecule has 19 heavy (non-hydrogen) atoms. The first-order chi connectivity index (χ1) is 8.90. The van der Waals surface area contributed by atoms with Crippen molar-refractivity contribution < 1.29 is 9.90 Å². The predicted molar refractivity (Wildman–Crippen MR) is 78.1 cm³/mol. The fourth-order valence-corrected chi connectivity index (χ4v) is 2.35. The molecule has 3 heteroatoms. The van der Waals surface area contributed by atoms with E-state index in [1.165, 1.54) is 0 Å². The second-order valence-corrected chi connectivity index (χ2v) is 5.16. The van der Waals surface area contributed by atoms with Crippen molar-refractivity contribution in [2.24, 2.45) is 0 Å². The van der Waals surface area contributed by atoms with E-state index in [0.29, 0.717) is 10.6 Å². The van der Waals surface area contributed by atoms with E-state index in [4.69, 9.17) is 11.6 Å². The maximum absolute atomic E-state index is 11.2. The monoisotopic (exact) mass is 274 g/mol. The molecule has 0 aliphatic carbocycles. The summed E-state index contributed by atoms with van der Waals surface area (Å²) in [5.74, 6) is -0.917. The Morgan fingerprint density at radius 1 is 1.00 bits per heavy atom. The Kier molecular flexibility index (Phi) is 3.63. The number of carboxylic acids is 1. The number of benzene rings is 2. The minimum atomic E-state index is -0.917. The van der Waals surface area contributed by atoms with Gasteiger partial charge in [-0.05, 0) is 61.2 Å².